The number of aromatic nitrogens is 4. The van der Waals surface area contributed by atoms with Crippen LogP contribution in [0.15, 0.2) is 39.9 Å². The maximum absolute atomic E-state index is 12.3. The topological polar surface area (TPSA) is 72.7 Å². The summed E-state index contributed by atoms with van der Waals surface area (Å²) in [6, 6.07) is 9.13. The number of aromatic amines is 1. The van der Waals surface area contributed by atoms with E-state index in [9.17, 15) is 9.59 Å². The van der Waals surface area contributed by atoms with Crippen LogP contribution in [0.2, 0.25) is 0 Å². The molecule has 0 aliphatic heterocycles. The Morgan fingerprint density at radius 3 is 2.53 bits per heavy atom. The number of benzene rings is 1. The Labute approximate surface area is 108 Å². The predicted octanol–water partition coefficient (Wildman–Crippen LogP) is 0.721. The molecule has 6 heteroatoms. The zero-order chi connectivity index (χ0) is 13.6. The van der Waals surface area contributed by atoms with E-state index in [0.717, 1.165) is 4.57 Å². The van der Waals surface area contributed by atoms with E-state index < -0.39 is 5.69 Å². The molecule has 3 aromatic rings. The van der Waals surface area contributed by atoms with Crippen LogP contribution in [0.1, 0.15) is 5.82 Å². The molecule has 2 aromatic heterocycles. The van der Waals surface area contributed by atoms with E-state index in [1.165, 1.54) is 11.6 Å². The van der Waals surface area contributed by atoms with Crippen LogP contribution in [-0.4, -0.2) is 19.1 Å². The molecule has 6 nitrogen and oxygen atoms in total. The van der Waals surface area contributed by atoms with Crippen LogP contribution < -0.4 is 11.2 Å². The second-order valence-corrected chi connectivity index (χ2v) is 4.34. The van der Waals surface area contributed by atoms with Gasteiger partial charge in [-0.05, 0) is 19.1 Å². The van der Waals surface area contributed by atoms with E-state index in [1.807, 2.05) is 18.2 Å². The summed E-state index contributed by atoms with van der Waals surface area (Å²) in [7, 11) is 1.46. The molecule has 0 bridgehead atoms. The lowest BCUT2D eigenvalue weighted by atomic mass is 10.3. The predicted molar refractivity (Wildman–Crippen MR) is 71.7 cm³/mol. The fourth-order valence-electron chi connectivity index (χ4n) is 2.10. The molecule has 0 saturated heterocycles. The maximum atomic E-state index is 12.3. The van der Waals surface area contributed by atoms with Crippen molar-refractivity contribution in [2.75, 3.05) is 0 Å². The number of H-pyrrole nitrogens is 1. The molecule has 1 aromatic carbocycles. The Bertz CT molecular complexity index is 871. The minimum absolute atomic E-state index is 0.337. The second-order valence-electron chi connectivity index (χ2n) is 4.34. The number of nitrogens with one attached hydrogen (secondary N) is 1. The van der Waals surface area contributed by atoms with Gasteiger partial charge in [-0.3, -0.25) is 9.36 Å². The lowest BCUT2D eigenvalue weighted by Crippen LogP contribution is -2.37. The molecular formula is C13H12N4O2. The first-order valence-corrected chi connectivity index (χ1v) is 5.83. The zero-order valence-corrected chi connectivity index (χ0v) is 10.5. The Balaban J connectivity index is 2.55. The lowest BCUT2D eigenvalue weighted by molar-refractivity contribution is 0.748. The molecule has 0 spiro atoms. The van der Waals surface area contributed by atoms with Crippen molar-refractivity contribution in [2.45, 2.75) is 6.92 Å². The third kappa shape index (κ3) is 1.61. The number of hydrogen-bond acceptors (Lipinski definition) is 3. The fraction of sp³-hybridized carbons (Fsp3) is 0.154. The maximum Gasteiger partial charge on any atom is 0.337 e. The van der Waals surface area contributed by atoms with Gasteiger partial charge in [0.05, 0.1) is 5.69 Å². The van der Waals surface area contributed by atoms with Gasteiger partial charge in [-0.2, -0.15) is 0 Å². The summed E-state index contributed by atoms with van der Waals surface area (Å²) in [6.07, 6.45) is 0. The first-order valence-electron chi connectivity index (χ1n) is 5.83. The first kappa shape index (κ1) is 11.5. The van der Waals surface area contributed by atoms with Gasteiger partial charge in [0, 0.05) is 7.05 Å². The average molecular weight is 256 g/mol. The minimum atomic E-state index is -0.407. The van der Waals surface area contributed by atoms with Crippen LogP contribution in [0.4, 0.5) is 0 Å². The number of imidazole rings is 1. The van der Waals surface area contributed by atoms with Gasteiger partial charge in [-0.25, -0.2) is 14.3 Å². The summed E-state index contributed by atoms with van der Waals surface area (Å²) in [4.78, 5) is 31.5. The van der Waals surface area contributed by atoms with Gasteiger partial charge >= 0.3 is 5.69 Å². The molecule has 96 valence electrons. The molecule has 0 amide bonds. The molecule has 2 heterocycles. The van der Waals surface area contributed by atoms with Gasteiger partial charge in [0.15, 0.2) is 5.65 Å². The number of para-hydroxylation sites is 1. The number of hydrogen-bond donors (Lipinski definition) is 1. The second kappa shape index (κ2) is 3.94. The Hall–Kier alpha value is -2.63. The zero-order valence-electron chi connectivity index (χ0n) is 10.5. The van der Waals surface area contributed by atoms with E-state index in [2.05, 4.69) is 9.97 Å². The average Bonchev–Trinajstić information content (AvgIpc) is 2.79. The molecular weight excluding hydrogens is 244 g/mol. The van der Waals surface area contributed by atoms with Crippen molar-refractivity contribution in [3.8, 4) is 5.69 Å². The van der Waals surface area contributed by atoms with E-state index in [1.54, 1.807) is 19.1 Å². The van der Waals surface area contributed by atoms with Gasteiger partial charge in [-0.1, -0.05) is 18.2 Å². The SMILES string of the molecule is Cc1nc2c([nH]1)c(=O)n(C)c(=O)n2-c1ccccc1. The van der Waals surface area contributed by atoms with Crippen molar-refractivity contribution < 1.29 is 0 Å². The van der Waals surface area contributed by atoms with E-state index in [0.29, 0.717) is 22.7 Å². The number of aryl methyl sites for hydroxylation is 1. The molecule has 1 N–H and O–H groups in total. The van der Waals surface area contributed by atoms with E-state index in [-0.39, 0.29) is 5.56 Å². The third-order valence-corrected chi connectivity index (χ3v) is 3.03. The van der Waals surface area contributed by atoms with E-state index >= 15 is 0 Å². The molecule has 0 fully saturated rings. The standard InChI is InChI=1S/C13H12N4O2/c1-8-14-10-11(15-8)17(9-6-4-3-5-7-9)13(19)16(2)12(10)18/h3-7H,1-2H3,(H,14,15). The van der Waals surface area contributed by atoms with Gasteiger partial charge in [0.1, 0.15) is 11.3 Å². The summed E-state index contributed by atoms with van der Waals surface area (Å²) in [6.45, 7) is 1.75. The highest BCUT2D eigenvalue weighted by atomic mass is 16.2. The molecule has 3 rings (SSSR count). The van der Waals surface area contributed by atoms with Crippen LogP contribution >= 0.6 is 0 Å². The van der Waals surface area contributed by atoms with Crippen molar-refractivity contribution in [2.24, 2.45) is 7.05 Å². The van der Waals surface area contributed by atoms with Crippen LogP contribution in [0, 0.1) is 6.92 Å². The van der Waals surface area contributed by atoms with Crippen LogP contribution in [0.5, 0.6) is 0 Å². The summed E-state index contributed by atoms with van der Waals surface area (Å²) in [5.41, 5.74) is 0.600. The number of rotatable bonds is 1. The van der Waals surface area contributed by atoms with Gasteiger partial charge in [-0.15, -0.1) is 0 Å². The normalized spacial score (nSPS) is 11.1. The molecule has 0 atom stereocenters. The number of fused-ring (bicyclic) bond motifs is 1. The van der Waals surface area contributed by atoms with Crippen molar-refractivity contribution >= 4 is 11.2 Å². The van der Waals surface area contributed by atoms with Crippen molar-refractivity contribution in [3.05, 3.63) is 57.0 Å². The monoisotopic (exact) mass is 256 g/mol. The third-order valence-electron chi connectivity index (χ3n) is 3.03. The van der Waals surface area contributed by atoms with Crippen LogP contribution in [0.25, 0.3) is 16.9 Å². The minimum Gasteiger partial charge on any atom is -0.336 e. The Morgan fingerprint density at radius 2 is 1.84 bits per heavy atom. The molecule has 0 radical (unpaired) electrons. The summed E-state index contributed by atoms with van der Waals surface area (Å²) in [5, 5.41) is 0. The summed E-state index contributed by atoms with van der Waals surface area (Å²) in [5.74, 6) is 0.599. The van der Waals surface area contributed by atoms with E-state index in [4.69, 9.17) is 0 Å². The van der Waals surface area contributed by atoms with Gasteiger partial charge in [0.25, 0.3) is 5.56 Å². The highest BCUT2D eigenvalue weighted by molar-refractivity contribution is 5.72. The highest BCUT2D eigenvalue weighted by Gasteiger charge is 2.15. The molecule has 0 aliphatic carbocycles. The largest absolute Gasteiger partial charge is 0.337 e. The Kier molecular flexibility index (Phi) is 2.38. The Morgan fingerprint density at radius 1 is 1.16 bits per heavy atom. The molecule has 0 saturated carbocycles. The molecule has 19 heavy (non-hydrogen) atoms. The lowest BCUT2D eigenvalue weighted by Gasteiger charge is -2.07. The highest BCUT2D eigenvalue weighted by Crippen LogP contribution is 2.11. The smallest absolute Gasteiger partial charge is 0.336 e. The number of nitrogens with zero attached hydrogens (tertiary/aromatic N) is 3. The van der Waals surface area contributed by atoms with Crippen molar-refractivity contribution in [1.82, 2.24) is 19.1 Å². The fourth-order valence-corrected chi connectivity index (χ4v) is 2.10. The van der Waals surface area contributed by atoms with Crippen LogP contribution in [0.3, 0.4) is 0 Å². The van der Waals surface area contributed by atoms with Gasteiger partial charge < -0.3 is 4.98 Å². The van der Waals surface area contributed by atoms with Gasteiger partial charge in [0.2, 0.25) is 0 Å². The summed E-state index contributed by atoms with van der Waals surface area (Å²) < 4.78 is 2.51. The quantitative estimate of drug-likeness (QED) is 0.697. The molecule has 0 aliphatic rings. The van der Waals surface area contributed by atoms with Crippen molar-refractivity contribution in [3.63, 3.8) is 0 Å². The van der Waals surface area contributed by atoms with Crippen LogP contribution in [-0.2, 0) is 7.05 Å². The summed E-state index contributed by atoms with van der Waals surface area (Å²) >= 11 is 0. The first-order chi connectivity index (χ1) is 9.09. The molecule has 0 unspecified atom stereocenters. The van der Waals surface area contributed by atoms with Crippen molar-refractivity contribution in [1.29, 1.82) is 0 Å².